The number of hydrogen-bond acceptors (Lipinski definition) is 3. The Labute approximate surface area is 159 Å². The zero-order valence-electron chi connectivity index (χ0n) is 15.4. The molecular weight excluding hydrogens is 367 g/mol. The predicted molar refractivity (Wildman–Crippen MR) is 102 cm³/mol. The molecule has 2 aromatic carbocycles. The third kappa shape index (κ3) is 3.75. The molecule has 27 heavy (non-hydrogen) atoms. The summed E-state index contributed by atoms with van der Waals surface area (Å²) in [5.41, 5.74) is 0.276. The van der Waals surface area contributed by atoms with Gasteiger partial charge in [-0.3, -0.25) is 4.79 Å². The Hall–Kier alpha value is -2.25. The van der Waals surface area contributed by atoms with Crippen molar-refractivity contribution in [2.24, 2.45) is 0 Å². The van der Waals surface area contributed by atoms with E-state index in [1.807, 2.05) is 0 Å². The highest BCUT2D eigenvalue weighted by Crippen LogP contribution is 2.42. The predicted octanol–water partition coefficient (Wildman–Crippen LogP) is 3.53. The van der Waals surface area contributed by atoms with Crippen molar-refractivity contribution in [2.75, 3.05) is 19.4 Å². The van der Waals surface area contributed by atoms with Gasteiger partial charge < -0.3 is 5.32 Å². The first-order valence-electron chi connectivity index (χ1n) is 8.86. The van der Waals surface area contributed by atoms with Crippen molar-refractivity contribution in [2.45, 2.75) is 36.0 Å². The average Bonchev–Trinajstić information content (AvgIpc) is 3.13. The highest BCUT2D eigenvalue weighted by molar-refractivity contribution is 7.89. The first-order valence-corrected chi connectivity index (χ1v) is 10.3. The SMILES string of the molecule is CN(C)S(=O)(=O)c1cccc(NC(=O)C2(c3cccc(F)c3)CCCC2)c1. The van der Waals surface area contributed by atoms with Crippen molar-refractivity contribution in [1.29, 1.82) is 0 Å². The molecule has 3 rings (SSSR count). The van der Waals surface area contributed by atoms with E-state index in [9.17, 15) is 17.6 Å². The summed E-state index contributed by atoms with van der Waals surface area (Å²) in [5.74, 6) is -0.601. The van der Waals surface area contributed by atoms with Crippen molar-refractivity contribution >= 4 is 21.6 Å². The maximum atomic E-state index is 13.7. The van der Waals surface area contributed by atoms with Crippen LogP contribution in [-0.4, -0.2) is 32.7 Å². The summed E-state index contributed by atoms with van der Waals surface area (Å²) in [6, 6.07) is 12.3. The molecule has 1 saturated carbocycles. The van der Waals surface area contributed by atoms with Gasteiger partial charge in [0.2, 0.25) is 15.9 Å². The molecule has 2 aromatic rings. The number of amides is 1. The summed E-state index contributed by atoms with van der Waals surface area (Å²) in [6.07, 6.45) is 3.05. The van der Waals surface area contributed by atoms with Crippen LogP contribution in [0.5, 0.6) is 0 Å². The summed E-state index contributed by atoms with van der Waals surface area (Å²) in [7, 11) is -0.682. The van der Waals surface area contributed by atoms with Crippen LogP contribution in [-0.2, 0) is 20.2 Å². The molecule has 0 radical (unpaired) electrons. The van der Waals surface area contributed by atoms with E-state index >= 15 is 0 Å². The largest absolute Gasteiger partial charge is 0.325 e. The zero-order valence-corrected chi connectivity index (χ0v) is 16.2. The maximum Gasteiger partial charge on any atom is 0.242 e. The lowest BCUT2D eigenvalue weighted by atomic mass is 9.78. The minimum Gasteiger partial charge on any atom is -0.325 e. The number of sulfonamides is 1. The fraction of sp³-hybridized carbons (Fsp3) is 0.350. The quantitative estimate of drug-likeness (QED) is 0.849. The van der Waals surface area contributed by atoms with Gasteiger partial charge in [0.1, 0.15) is 5.82 Å². The van der Waals surface area contributed by atoms with E-state index in [1.165, 1.54) is 38.4 Å². The number of carbonyl (C=O) groups is 1. The molecule has 0 atom stereocenters. The lowest BCUT2D eigenvalue weighted by Crippen LogP contribution is -2.38. The Balaban J connectivity index is 1.92. The Kier molecular flexibility index (Phi) is 5.35. The monoisotopic (exact) mass is 390 g/mol. The molecule has 1 aliphatic rings. The molecule has 5 nitrogen and oxygen atoms in total. The number of halogens is 1. The van der Waals surface area contributed by atoms with E-state index in [0.717, 1.165) is 17.1 Å². The zero-order chi connectivity index (χ0) is 19.7. The van der Waals surface area contributed by atoms with Crippen molar-refractivity contribution < 1.29 is 17.6 Å². The third-order valence-corrected chi connectivity index (χ3v) is 6.95. The highest BCUT2D eigenvalue weighted by Gasteiger charge is 2.43. The van der Waals surface area contributed by atoms with E-state index in [4.69, 9.17) is 0 Å². The highest BCUT2D eigenvalue weighted by atomic mass is 32.2. The third-order valence-electron chi connectivity index (χ3n) is 5.14. The molecule has 1 amide bonds. The topological polar surface area (TPSA) is 66.5 Å². The number of carbonyl (C=O) groups excluding carboxylic acids is 1. The molecule has 0 bridgehead atoms. The summed E-state index contributed by atoms with van der Waals surface area (Å²) in [4.78, 5) is 13.3. The average molecular weight is 390 g/mol. The Morgan fingerprint density at radius 1 is 1.07 bits per heavy atom. The number of anilines is 1. The van der Waals surface area contributed by atoms with Crippen LogP contribution in [0.15, 0.2) is 53.4 Å². The van der Waals surface area contributed by atoms with Crippen molar-refractivity contribution in [3.63, 3.8) is 0 Å². The molecule has 0 aliphatic heterocycles. The molecule has 0 heterocycles. The smallest absolute Gasteiger partial charge is 0.242 e. The van der Waals surface area contributed by atoms with Crippen LogP contribution in [0.4, 0.5) is 10.1 Å². The molecule has 7 heteroatoms. The summed E-state index contributed by atoms with van der Waals surface area (Å²) in [5, 5.41) is 2.85. The Morgan fingerprint density at radius 2 is 1.74 bits per heavy atom. The van der Waals surface area contributed by atoms with Crippen LogP contribution >= 0.6 is 0 Å². The van der Waals surface area contributed by atoms with Gasteiger partial charge in [0, 0.05) is 19.8 Å². The van der Waals surface area contributed by atoms with Gasteiger partial charge in [0.05, 0.1) is 10.3 Å². The fourth-order valence-corrected chi connectivity index (χ4v) is 4.56. The van der Waals surface area contributed by atoms with Crippen molar-refractivity contribution in [3.05, 3.63) is 59.9 Å². The normalized spacial score (nSPS) is 16.4. The number of benzene rings is 2. The van der Waals surface area contributed by atoms with Crippen molar-refractivity contribution in [1.82, 2.24) is 4.31 Å². The second kappa shape index (κ2) is 7.40. The number of nitrogens with zero attached hydrogens (tertiary/aromatic N) is 1. The first kappa shape index (κ1) is 19.5. The van der Waals surface area contributed by atoms with Crippen molar-refractivity contribution in [3.8, 4) is 0 Å². The summed E-state index contributed by atoms with van der Waals surface area (Å²) < 4.78 is 39.5. The van der Waals surface area contributed by atoms with E-state index in [2.05, 4.69) is 5.32 Å². The van der Waals surface area contributed by atoms with Crippen LogP contribution in [0.3, 0.4) is 0 Å². The molecule has 0 spiro atoms. The Bertz CT molecular complexity index is 951. The van der Waals surface area contributed by atoms with Gasteiger partial charge in [0.15, 0.2) is 0 Å². The van der Waals surface area contributed by atoms with Crippen LogP contribution in [0.2, 0.25) is 0 Å². The number of hydrogen-bond donors (Lipinski definition) is 1. The van der Waals surface area contributed by atoms with Crippen LogP contribution in [0.1, 0.15) is 31.2 Å². The fourth-order valence-electron chi connectivity index (χ4n) is 3.61. The van der Waals surface area contributed by atoms with Crippen LogP contribution < -0.4 is 5.32 Å². The number of nitrogens with one attached hydrogen (secondary N) is 1. The Morgan fingerprint density at radius 3 is 2.37 bits per heavy atom. The van der Waals surface area contributed by atoms with E-state index in [1.54, 1.807) is 24.3 Å². The minimum absolute atomic E-state index is 0.108. The van der Waals surface area contributed by atoms with Crippen LogP contribution in [0.25, 0.3) is 0 Å². The van der Waals surface area contributed by atoms with E-state index in [-0.39, 0.29) is 16.6 Å². The van der Waals surface area contributed by atoms with Gasteiger partial charge >= 0.3 is 0 Å². The van der Waals surface area contributed by atoms with Gasteiger partial charge in [-0.1, -0.05) is 31.0 Å². The molecule has 0 aromatic heterocycles. The maximum absolute atomic E-state index is 13.7. The minimum atomic E-state index is -3.59. The van der Waals surface area contributed by atoms with E-state index < -0.39 is 15.4 Å². The van der Waals surface area contributed by atoms with Gasteiger partial charge in [0.25, 0.3) is 0 Å². The lowest BCUT2D eigenvalue weighted by Gasteiger charge is -2.28. The molecule has 1 aliphatic carbocycles. The molecule has 0 saturated heterocycles. The molecule has 1 fully saturated rings. The summed E-state index contributed by atoms with van der Waals surface area (Å²) >= 11 is 0. The lowest BCUT2D eigenvalue weighted by molar-refractivity contribution is -0.121. The first-order chi connectivity index (χ1) is 12.8. The molecule has 144 valence electrons. The standard InChI is InChI=1S/C20H23FN2O3S/c1-23(2)27(25,26)18-10-6-9-17(14-18)22-19(24)20(11-3-4-12-20)15-7-5-8-16(21)13-15/h5-10,13-14H,3-4,11-12H2,1-2H3,(H,22,24). The number of rotatable bonds is 5. The van der Waals surface area contributed by atoms with Gasteiger partial charge in [-0.2, -0.15) is 0 Å². The molecular formula is C20H23FN2O3S. The van der Waals surface area contributed by atoms with Gasteiger partial charge in [-0.25, -0.2) is 17.1 Å². The van der Waals surface area contributed by atoms with Gasteiger partial charge in [-0.15, -0.1) is 0 Å². The molecule has 0 unspecified atom stereocenters. The second-order valence-electron chi connectivity index (χ2n) is 7.07. The molecule has 1 N–H and O–H groups in total. The van der Waals surface area contributed by atoms with E-state index in [0.29, 0.717) is 24.1 Å². The van der Waals surface area contributed by atoms with Gasteiger partial charge in [-0.05, 0) is 48.7 Å². The second-order valence-corrected chi connectivity index (χ2v) is 9.22. The van der Waals surface area contributed by atoms with Crippen LogP contribution in [0, 0.1) is 5.82 Å². The summed E-state index contributed by atoms with van der Waals surface area (Å²) in [6.45, 7) is 0.